The summed E-state index contributed by atoms with van der Waals surface area (Å²) in [5.74, 6) is 0.852. The Hall–Kier alpha value is -2.97. The Kier molecular flexibility index (Phi) is 4.51. The molecule has 2 aromatic heterocycles. The molecule has 1 amide bonds. The molecule has 9 nitrogen and oxygen atoms in total. The summed E-state index contributed by atoms with van der Waals surface area (Å²) in [6, 6.07) is 1.57. The number of H-pyrrole nitrogens is 1. The maximum Gasteiger partial charge on any atom is 0.268 e. The Balaban J connectivity index is 1.34. The van der Waals surface area contributed by atoms with Crippen LogP contribution in [0.25, 0.3) is 0 Å². The van der Waals surface area contributed by atoms with Crippen LogP contribution in [0.5, 0.6) is 0 Å². The lowest BCUT2D eigenvalue weighted by Crippen LogP contribution is -2.34. The van der Waals surface area contributed by atoms with Gasteiger partial charge in [-0.05, 0) is 25.2 Å². The van der Waals surface area contributed by atoms with Crippen molar-refractivity contribution in [2.75, 3.05) is 24.5 Å². The minimum atomic E-state index is -0.403. The summed E-state index contributed by atoms with van der Waals surface area (Å²) >= 11 is 0. The van der Waals surface area contributed by atoms with E-state index in [4.69, 9.17) is 0 Å². The lowest BCUT2D eigenvalue weighted by Gasteiger charge is -2.18. The minimum absolute atomic E-state index is 0.0463. The smallest absolute Gasteiger partial charge is 0.268 e. The fourth-order valence-corrected chi connectivity index (χ4v) is 3.33. The number of carbonyl (C=O) groups excluding carboxylic acids is 1. The van der Waals surface area contributed by atoms with Gasteiger partial charge >= 0.3 is 0 Å². The zero-order valence-electron chi connectivity index (χ0n) is 15.1. The van der Waals surface area contributed by atoms with Crippen molar-refractivity contribution in [3.8, 4) is 0 Å². The minimum Gasteiger partial charge on any atom is -0.370 e. The largest absolute Gasteiger partial charge is 0.370 e. The molecule has 1 aliphatic heterocycles. The Morgan fingerprint density at radius 3 is 2.81 bits per heavy atom. The first-order valence-electron chi connectivity index (χ1n) is 9.17. The molecule has 0 bridgehead atoms. The number of aryl methyl sites for hydroxylation is 1. The Labute approximate surface area is 155 Å². The number of carbonyl (C=O) groups is 1. The van der Waals surface area contributed by atoms with E-state index in [1.807, 2.05) is 0 Å². The average molecular weight is 370 g/mol. The second kappa shape index (κ2) is 6.98. The second-order valence-corrected chi connectivity index (χ2v) is 7.27. The summed E-state index contributed by atoms with van der Waals surface area (Å²) in [6.07, 6.45) is 6.01. The zero-order chi connectivity index (χ0) is 19.0. The number of aromatic amines is 1. The van der Waals surface area contributed by atoms with Crippen LogP contribution in [0.3, 0.4) is 0 Å². The molecule has 0 radical (unpaired) electrons. The van der Waals surface area contributed by atoms with Crippen LogP contribution in [0.2, 0.25) is 0 Å². The molecule has 0 aromatic carbocycles. The highest BCUT2D eigenvalue weighted by Crippen LogP contribution is 2.37. The lowest BCUT2D eigenvalue weighted by atomic mass is 10.1. The summed E-state index contributed by atoms with van der Waals surface area (Å²) in [6.45, 7) is 2.00. The van der Waals surface area contributed by atoms with Crippen molar-refractivity contribution in [2.45, 2.75) is 25.2 Å². The van der Waals surface area contributed by atoms with Gasteiger partial charge < -0.3 is 15.2 Å². The third-order valence-corrected chi connectivity index (χ3v) is 5.18. The number of amides is 1. The first kappa shape index (κ1) is 17.4. The Bertz CT molecular complexity index is 978. The molecule has 1 saturated heterocycles. The van der Waals surface area contributed by atoms with Gasteiger partial charge in [-0.3, -0.25) is 14.4 Å². The van der Waals surface area contributed by atoms with E-state index in [0.29, 0.717) is 18.3 Å². The number of aromatic nitrogens is 4. The van der Waals surface area contributed by atoms with Crippen molar-refractivity contribution >= 4 is 11.6 Å². The van der Waals surface area contributed by atoms with Crippen LogP contribution < -0.4 is 21.3 Å². The van der Waals surface area contributed by atoms with Gasteiger partial charge in [0.2, 0.25) is 0 Å². The standard InChI is InChI=1S/C18H22N6O3/c1-23-15(25)6-13(8-21-23)24-5-4-11(10-24)7-20-17(26)14-9-19-16(12-2-3-12)22-18(14)27/h6,8-9,11-12H,2-5,7,10H2,1H3,(H,20,26)(H,19,22,27). The van der Waals surface area contributed by atoms with Crippen molar-refractivity contribution < 1.29 is 4.79 Å². The van der Waals surface area contributed by atoms with Gasteiger partial charge in [-0.2, -0.15) is 5.10 Å². The van der Waals surface area contributed by atoms with Crippen LogP contribution in [-0.2, 0) is 7.05 Å². The number of anilines is 1. The fraction of sp³-hybridized carbons (Fsp3) is 0.500. The fourth-order valence-electron chi connectivity index (χ4n) is 3.33. The number of hydrogen-bond donors (Lipinski definition) is 2. The first-order valence-corrected chi connectivity index (χ1v) is 9.17. The van der Waals surface area contributed by atoms with E-state index in [-0.39, 0.29) is 22.6 Å². The van der Waals surface area contributed by atoms with Gasteiger partial charge in [0, 0.05) is 44.9 Å². The van der Waals surface area contributed by atoms with E-state index >= 15 is 0 Å². The molecule has 1 unspecified atom stereocenters. The molecule has 1 atom stereocenters. The lowest BCUT2D eigenvalue weighted by molar-refractivity contribution is 0.0946. The summed E-state index contributed by atoms with van der Waals surface area (Å²) in [5, 5.41) is 6.87. The van der Waals surface area contributed by atoms with Crippen molar-refractivity contribution in [3.05, 3.63) is 50.6 Å². The maximum atomic E-state index is 12.3. The van der Waals surface area contributed by atoms with Crippen molar-refractivity contribution in [3.63, 3.8) is 0 Å². The van der Waals surface area contributed by atoms with Crippen LogP contribution in [0.4, 0.5) is 5.69 Å². The summed E-state index contributed by atoms with van der Waals surface area (Å²) in [7, 11) is 1.61. The Morgan fingerprint density at radius 1 is 1.30 bits per heavy atom. The van der Waals surface area contributed by atoms with E-state index in [9.17, 15) is 14.4 Å². The monoisotopic (exact) mass is 370 g/mol. The molecule has 2 aliphatic rings. The highest BCUT2D eigenvalue weighted by Gasteiger charge is 2.27. The third kappa shape index (κ3) is 3.76. The van der Waals surface area contributed by atoms with Crippen LogP contribution in [0.15, 0.2) is 28.0 Å². The first-order chi connectivity index (χ1) is 13.0. The van der Waals surface area contributed by atoms with Gasteiger partial charge in [-0.25, -0.2) is 9.67 Å². The van der Waals surface area contributed by atoms with Gasteiger partial charge in [0.05, 0.1) is 11.9 Å². The van der Waals surface area contributed by atoms with Gasteiger partial charge in [0.1, 0.15) is 11.4 Å². The number of hydrogen-bond acceptors (Lipinski definition) is 6. The maximum absolute atomic E-state index is 12.3. The SMILES string of the molecule is Cn1ncc(N2CCC(CNC(=O)c3cnc(C4CC4)[nH]c3=O)C2)cc1=O. The topological polar surface area (TPSA) is 113 Å². The molecular formula is C18H22N6O3. The molecule has 1 aliphatic carbocycles. The molecule has 0 spiro atoms. The normalized spacial score (nSPS) is 19.3. The van der Waals surface area contributed by atoms with Crippen LogP contribution in [0.1, 0.15) is 41.4 Å². The molecule has 1 saturated carbocycles. The zero-order valence-corrected chi connectivity index (χ0v) is 15.1. The summed E-state index contributed by atoms with van der Waals surface area (Å²) in [4.78, 5) is 45.2. The highest BCUT2D eigenvalue weighted by molar-refractivity contribution is 5.93. The molecular weight excluding hydrogens is 348 g/mol. The van der Waals surface area contributed by atoms with Crippen LogP contribution in [0, 0.1) is 5.92 Å². The van der Waals surface area contributed by atoms with Gasteiger partial charge in [-0.15, -0.1) is 0 Å². The Morgan fingerprint density at radius 2 is 2.11 bits per heavy atom. The van der Waals surface area contributed by atoms with Crippen molar-refractivity contribution in [1.29, 1.82) is 0 Å². The summed E-state index contributed by atoms with van der Waals surface area (Å²) < 4.78 is 1.29. The number of rotatable bonds is 5. The average Bonchev–Trinajstić information content (AvgIpc) is 3.40. The molecule has 142 valence electrons. The molecule has 2 aromatic rings. The van der Waals surface area contributed by atoms with Crippen LogP contribution in [-0.4, -0.2) is 45.3 Å². The van der Waals surface area contributed by atoms with E-state index in [1.54, 1.807) is 19.3 Å². The molecule has 9 heteroatoms. The van der Waals surface area contributed by atoms with Gasteiger partial charge in [-0.1, -0.05) is 0 Å². The molecule has 27 heavy (non-hydrogen) atoms. The quantitative estimate of drug-likeness (QED) is 0.766. The van der Waals surface area contributed by atoms with Crippen molar-refractivity contribution in [1.82, 2.24) is 25.1 Å². The predicted octanol–water partition coefficient (Wildman–Crippen LogP) is -0.00270. The highest BCUT2D eigenvalue weighted by atomic mass is 16.2. The van der Waals surface area contributed by atoms with E-state index in [0.717, 1.165) is 38.0 Å². The molecule has 3 heterocycles. The van der Waals surface area contributed by atoms with E-state index in [2.05, 4.69) is 25.3 Å². The van der Waals surface area contributed by atoms with E-state index in [1.165, 1.54) is 10.9 Å². The third-order valence-electron chi connectivity index (χ3n) is 5.18. The number of nitrogens with zero attached hydrogens (tertiary/aromatic N) is 4. The second-order valence-electron chi connectivity index (χ2n) is 7.27. The predicted molar refractivity (Wildman–Crippen MR) is 99.0 cm³/mol. The number of nitrogens with one attached hydrogen (secondary N) is 2. The summed E-state index contributed by atoms with van der Waals surface area (Å²) in [5.41, 5.74) is 0.308. The molecule has 2 N–H and O–H groups in total. The molecule has 2 fully saturated rings. The van der Waals surface area contributed by atoms with E-state index < -0.39 is 5.91 Å². The molecule has 4 rings (SSSR count). The van der Waals surface area contributed by atoms with Crippen LogP contribution >= 0.6 is 0 Å². The van der Waals surface area contributed by atoms with Crippen molar-refractivity contribution in [2.24, 2.45) is 13.0 Å². The van der Waals surface area contributed by atoms with Gasteiger partial charge in [0.25, 0.3) is 17.0 Å². The van der Waals surface area contributed by atoms with Gasteiger partial charge in [0.15, 0.2) is 0 Å².